The Labute approximate surface area is 130 Å². The van der Waals surface area contributed by atoms with Gasteiger partial charge in [0.2, 0.25) is 0 Å². The molecule has 1 heterocycles. The summed E-state index contributed by atoms with van der Waals surface area (Å²) in [5.41, 5.74) is 4.18. The first-order chi connectivity index (χ1) is 9.97. The van der Waals surface area contributed by atoms with Gasteiger partial charge in [-0.1, -0.05) is 19.9 Å². The molecule has 1 aromatic carbocycles. The monoisotopic (exact) mass is 289 g/mol. The Morgan fingerprint density at radius 1 is 1.05 bits per heavy atom. The Balaban J connectivity index is 1.97. The minimum absolute atomic E-state index is 0.535. The van der Waals surface area contributed by atoms with Gasteiger partial charge in [-0.3, -0.25) is 4.90 Å². The molecule has 0 bridgehead atoms. The number of anilines is 1. The van der Waals surface area contributed by atoms with Crippen LogP contribution in [0.15, 0.2) is 18.2 Å². The molecule has 118 valence electrons. The molecule has 1 fully saturated rings. The zero-order valence-corrected chi connectivity index (χ0v) is 14.3. The van der Waals surface area contributed by atoms with Crippen LogP contribution in [0.3, 0.4) is 0 Å². The highest BCUT2D eigenvalue weighted by atomic mass is 15.3. The highest BCUT2D eigenvalue weighted by molar-refractivity contribution is 5.51. The van der Waals surface area contributed by atoms with Gasteiger partial charge in [0, 0.05) is 50.5 Å². The summed E-state index contributed by atoms with van der Waals surface area (Å²) >= 11 is 0. The van der Waals surface area contributed by atoms with Gasteiger partial charge in [-0.25, -0.2) is 0 Å². The first-order valence-electron chi connectivity index (χ1n) is 8.29. The standard InChI is InChI=1S/C18H31N3/c1-14(2)19-13-17-6-7-18(12-16(17)5)21-10-8-20(9-11-21)15(3)4/h6-7,12,14-15,19H,8-11,13H2,1-5H3. The summed E-state index contributed by atoms with van der Waals surface area (Å²) in [5, 5.41) is 3.50. The molecular weight excluding hydrogens is 258 g/mol. The third-order valence-electron chi connectivity index (χ3n) is 4.44. The second-order valence-electron chi connectivity index (χ2n) is 6.76. The lowest BCUT2D eigenvalue weighted by atomic mass is 10.1. The van der Waals surface area contributed by atoms with Gasteiger partial charge in [0.25, 0.3) is 0 Å². The van der Waals surface area contributed by atoms with Gasteiger partial charge in [-0.05, 0) is 44.0 Å². The van der Waals surface area contributed by atoms with Crippen molar-refractivity contribution in [1.82, 2.24) is 10.2 Å². The fourth-order valence-corrected chi connectivity index (χ4v) is 2.89. The van der Waals surface area contributed by atoms with E-state index in [4.69, 9.17) is 0 Å². The van der Waals surface area contributed by atoms with Crippen molar-refractivity contribution < 1.29 is 0 Å². The van der Waals surface area contributed by atoms with E-state index in [2.05, 4.69) is 67.9 Å². The maximum atomic E-state index is 3.50. The second-order valence-corrected chi connectivity index (χ2v) is 6.76. The van der Waals surface area contributed by atoms with E-state index in [1.807, 2.05) is 0 Å². The summed E-state index contributed by atoms with van der Waals surface area (Å²) in [6.45, 7) is 16.8. The van der Waals surface area contributed by atoms with Crippen LogP contribution >= 0.6 is 0 Å². The first kappa shape index (κ1) is 16.3. The Morgan fingerprint density at radius 3 is 2.24 bits per heavy atom. The molecule has 0 spiro atoms. The lowest BCUT2D eigenvalue weighted by molar-refractivity contribution is 0.209. The second kappa shape index (κ2) is 7.28. The van der Waals surface area contributed by atoms with Crippen LogP contribution in [0.2, 0.25) is 0 Å². The van der Waals surface area contributed by atoms with Gasteiger partial charge in [0.15, 0.2) is 0 Å². The Morgan fingerprint density at radius 2 is 1.71 bits per heavy atom. The molecule has 21 heavy (non-hydrogen) atoms. The van der Waals surface area contributed by atoms with Gasteiger partial charge in [0.1, 0.15) is 0 Å². The Bertz CT molecular complexity index is 446. The van der Waals surface area contributed by atoms with Crippen LogP contribution in [0, 0.1) is 6.92 Å². The van der Waals surface area contributed by atoms with E-state index in [1.54, 1.807) is 0 Å². The summed E-state index contributed by atoms with van der Waals surface area (Å²) < 4.78 is 0. The number of nitrogens with one attached hydrogen (secondary N) is 1. The molecule has 1 N–H and O–H groups in total. The SMILES string of the molecule is Cc1cc(N2CCN(C(C)C)CC2)ccc1CNC(C)C. The molecule has 0 amide bonds. The predicted octanol–water partition coefficient (Wildman–Crippen LogP) is 3.02. The van der Waals surface area contributed by atoms with Crippen LogP contribution in [0.4, 0.5) is 5.69 Å². The molecule has 1 aliphatic heterocycles. The van der Waals surface area contributed by atoms with E-state index in [-0.39, 0.29) is 0 Å². The van der Waals surface area contributed by atoms with E-state index in [0.717, 1.165) is 19.6 Å². The van der Waals surface area contributed by atoms with Gasteiger partial charge >= 0.3 is 0 Å². The molecule has 0 saturated carbocycles. The molecule has 0 unspecified atom stereocenters. The van der Waals surface area contributed by atoms with Crippen LogP contribution in [-0.2, 0) is 6.54 Å². The number of piperazine rings is 1. The number of hydrogen-bond acceptors (Lipinski definition) is 3. The molecule has 0 radical (unpaired) electrons. The maximum absolute atomic E-state index is 3.50. The average Bonchev–Trinajstić information content (AvgIpc) is 2.46. The highest BCUT2D eigenvalue weighted by Gasteiger charge is 2.19. The summed E-state index contributed by atoms with van der Waals surface area (Å²) in [5.74, 6) is 0. The molecule has 1 saturated heterocycles. The largest absolute Gasteiger partial charge is 0.369 e. The van der Waals surface area contributed by atoms with Crippen LogP contribution in [-0.4, -0.2) is 43.2 Å². The van der Waals surface area contributed by atoms with Crippen molar-refractivity contribution >= 4 is 5.69 Å². The van der Waals surface area contributed by atoms with Crippen molar-refractivity contribution in [2.75, 3.05) is 31.1 Å². The lowest BCUT2D eigenvalue weighted by Gasteiger charge is -2.38. The van der Waals surface area contributed by atoms with Crippen LogP contribution in [0.1, 0.15) is 38.8 Å². The quantitative estimate of drug-likeness (QED) is 0.899. The van der Waals surface area contributed by atoms with Crippen LogP contribution < -0.4 is 10.2 Å². The average molecular weight is 289 g/mol. The van der Waals surface area contributed by atoms with Gasteiger partial charge < -0.3 is 10.2 Å². The maximum Gasteiger partial charge on any atom is 0.0369 e. The normalized spacial score (nSPS) is 17.0. The Hall–Kier alpha value is -1.06. The molecule has 1 aliphatic rings. The molecule has 3 heteroatoms. The van der Waals surface area contributed by atoms with E-state index in [0.29, 0.717) is 12.1 Å². The molecule has 1 aromatic rings. The predicted molar refractivity (Wildman–Crippen MR) is 92.1 cm³/mol. The highest BCUT2D eigenvalue weighted by Crippen LogP contribution is 2.21. The number of hydrogen-bond donors (Lipinski definition) is 1. The fraction of sp³-hybridized carbons (Fsp3) is 0.667. The van der Waals surface area contributed by atoms with E-state index < -0.39 is 0 Å². The number of nitrogens with zero attached hydrogens (tertiary/aromatic N) is 2. The molecule has 2 rings (SSSR count). The summed E-state index contributed by atoms with van der Waals surface area (Å²) in [7, 11) is 0. The van der Waals surface area contributed by atoms with Gasteiger partial charge in [0.05, 0.1) is 0 Å². The summed E-state index contributed by atoms with van der Waals surface area (Å²) in [6, 6.07) is 8.12. The zero-order chi connectivity index (χ0) is 15.4. The first-order valence-corrected chi connectivity index (χ1v) is 8.29. The minimum atomic E-state index is 0.535. The lowest BCUT2D eigenvalue weighted by Crippen LogP contribution is -2.48. The van der Waals surface area contributed by atoms with Crippen molar-refractivity contribution in [2.24, 2.45) is 0 Å². The topological polar surface area (TPSA) is 18.5 Å². The Kier molecular flexibility index (Phi) is 5.65. The number of benzene rings is 1. The summed E-state index contributed by atoms with van der Waals surface area (Å²) in [4.78, 5) is 5.08. The van der Waals surface area contributed by atoms with E-state index in [9.17, 15) is 0 Å². The van der Waals surface area contributed by atoms with Crippen molar-refractivity contribution in [1.29, 1.82) is 0 Å². The van der Waals surface area contributed by atoms with Crippen molar-refractivity contribution in [2.45, 2.75) is 53.2 Å². The molecule has 3 nitrogen and oxygen atoms in total. The van der Waals surface area contributed by atoms with Crippen molar-refractivity contribution in [3.8, 4) is 0 Å². The van der Waals surface area contributed by atoms with Crippen LogP contribution in [0.5, 0.6) is 0 Å². The van der Waals surface area contributed by atoms with Crippen molar-refractivity contribution in [3.05, 3.63) is 29.3 Å². The van der Waals surface area contributed by atoms with Crippen LogP contribution in [0.25, 0.3) is 0 Å². The van der Waals surface area contributed by atoms with E-state index >= 15 is 0 Å². The molecule has 0 aromatic heterocycles. The third-order valence-corrected chi connectivity index (χ3v) is 4.44. The van der Waals surface area contributed by atoms with Crippen molar-refractivity contribution in [3.63, 3.8) is 0 Å². The fourth-order valence-electron chi connectivity index (χ4n) is 2.89. The van der Waals surface area contributed by atoms with E-state index in [1.165, 1.54) is 29.9 Å². The minimum Gasteiger partial charge on any atom is -0.369 e. The number of rotatable bonds is 5. The van der Waals surface area contributed by atoms with Gasteiger partial charge in [-0.15, -0.1) is 0 Å². The molecular formula is C18H31N3. The smallest absolute Gasteiger partial charge is 0.0369 e. The molecule has 0 atom stereocenters. The number of aryl methyl sites for hydroxylation is 1. The molecule has 0 aliphatic carbocycles. The zero-order valence-electron chi connectivity index (χ0n) is 14.3. The third kappa shape index (κ3) is 4.45. The van der Waals surface area contributed by atoms with Gasteiger partial charge in [-0.2, -0.15) is 0 Å². The summed E-state index contributed by atoms with van der Waals surface area (Å²) in [6.07, 6.45) is 0.